The molecule has 1 amide bonds. The predicted octanol–water partition coefficient (Wildman–Crippen LogP) is 2.03. The third-order valence-electron chi connectivity index (χ3n) is 3.40. The van der Waals surface area contributed by atoms with Gasteiger partial charge in [0.05, 0.1) is 5.69 Å². The SMILES string of the molecule is Cc1ccc(O)c(NC(=O)[C@H]2CCN[C@@H](C)C2)c1. The summed E-state index contributed by atoms with van der Waals surface area (Å²) in [5, 5.41) is 15.9. The standard InChI is InChI=1S/C14H20N2O2/c1-9-3-4-13(17)12(7-9)16-14(18)11-5-6-15-10(2)8-11/h3-4,7,10-11,15,17H,5-6,8H2,1-2H3,(H,16,18)/t10-,11-/m0/s1. The van der Waals surface area contributed by atoms with Crippen LogP contribution < -0.4 is 10.6 Å². The number of aryl methyl sites for hydroxylation is 1. The van der Waals surface area contributed by atoms with Crippen LogP contribution in [0.3, 0.4) is 0 Å². The zero-order valence-electron chi connectivity index (χ0n) is 10.9. The van der Waals surface area contributed by atoms with Crippen LogP contribution in [0, 0.1) is 12.8 Å². The smallest absolute Gasteiger partial charge is 0.227 e. The largest absolute Gasteiger partial charge is 0.506 e. The number of nitrogens with one attached hydrogen (secondary N) is 2. The Hall–Kier alpha value is -1.55. The molecule has 0 aromatic heterocycles. The first-order valence-corrected chi connectivity index (χ1v) is 6.40. The fourth-order valence-corrected chi connectivity index (χ4v) is 2.35. The number of benzene rings is 1. The number of hydrogen-bond donors (Lipinski definition) is 3. The number of piperidine rings is 1. The van der Waals surface area contributed by atoms with Gasteiger partial charge in [-0.2, -0.15) is 0 Å². The highest BCUT2D eigenvalue weighted by Crippen LogP contribution is 2.26. The molecule has 0 bridgehead atoms. The van der Waals surface area contributed by atoms with Crippen LogP contribution in [-0.2, 0) is 4.79 Å². The van der Waals surface area contributed by atoms with E-state index in [4.69, 9.17) is 0 Å². The van der Waals surface area contributed by atoms with Crippen LogP contribution in [0.25, 0.3) is 0 Å². The summed E-state index contributed by atoms with van der Waals surface area (Å²) < 4.78 is 0. The van der Waals surface area contributed by atoms with Gasteiger partial charge < -0.3 is 15.7 Å². The first kappa shape index (κ1) is 12.9. The Labute approximate surface area is 107 Å². The lowest BCUT2D eigenvalue weighted by atomic mass is 9.92. The van der Waals surface area contributed by atoms with E-state index in [1.807, 2.05) is 13.0 Å². The van der Waals surface area contributed by atoms with Crippen LogP contribution in [0.5, 0.6) is 5.75 Å². The molecule has 4 heteroatoms. The highest BCUT2D eigenvalue weighted by molar-refractivity contribution is 5.94. The molecule has 98 valence electrons. The van der Waals surface area contributed by atoms with Crippen LogP contribution in [-0.4, -0.2) is 23.6 Å². The molecular weight excluding hydrogens is 228 g/mol. The van der Waals surface area contributed by atoms with Crippen molar-refractivity contribution in [3.63, 3.8) is 0 Å². The van der Waals surface area contributed by atoms with Crippen LogP contribution in [0.2, 0.25) is 0 Å². The molecule has 1 aliphatic heterocycles. The van der Waals surface area contributed by atoms with Gasteiger partial charge in [-0.15, -0.1) is 0 Å². The molecule has 1 fully saturated rings. The van der Waals surface area contributed by atoms with Gasteiger partial charge >= 0.3 is 0 Å². The minimum Gasteiger partial charge on any atom is -0.506 e. The minimum atomic E-state index is 0.00394. The molecule has 1 heterocycles. The lowest BCUT2D eigenvalue weighted by molar-refractivity contribution is -0.120. The molecule has 1 saturated heterocycles. The third kappa shape index (κ3) is 3.01. The maximum atomic E-state index is 12.1. The van der Waals surface area contributed by atoms with Crippen LogP contribution in [0.4, 0.5) is 5.69 Å². The Morgan fingerprint density at radius 1 is 1.50 bits per heavy atom. The molecule has 0 radical (unpaired) electrons. The number of aromatic hydroxyl groups is 1. The number of hydrogen-bond acceptors (Lipinski definition) is 3. The Morgan fingerprint density at radius 3 is 3.00 bits per heavy atom. The lowest BCUT2D eigenvalue weighted by Crippen LogP contribution is -2.40. The van der Waals surface area contributed by atoms with E-state index in [9.17, 15) is 9.90 Å². The molecule has 0 saturated carbocycles. The Bertz CT molecular complexity index is 445. The first-order chi connectivity index (χ1) is 8.56. The zero-order valence-corrected chi connectivity index (χ0v) is 10.9. The third-order valence-corrected chi connectivity index (χ3v) is 3.40. The average molecular weight is 248 g/mol. The van der Waals surface area contributed by atoms with E-state index in [0.29, 0.717) is 11.7 Å². The fraction of sp³-hybridized carbons (Fsp3) is 0.500. The molecule has 1 aliphatic rings. The second-order valence-corrected chi connectivity index (χ2v) is 5.09. The Balaban J connectivity index is 2.04. The van der Waals surface area contributed by atoms with Crippen molar-refractivity contribution in [3.8, 4) is 5.75 Å². The molecule has 2 atom stereocenters. The van der Waals surface area contributed by atoms with Crippen molar-refractivity contribution in [1.82, 2.24) is 5.32 Å². The molecule has 2 rings (SSSR count). The summed E-state index contributed by atoms with van der Waals surface area (Å²) in [6.45, 7) is 4.89. The van der Waals surface area contributed by atoms with Crippen molar-refractivity contribution in [2.45, 2.75) is 32.7 Å². The molecule has 3 N–H and O–H groups in total. The Morgan fingerprint density at radius 2 is 2.28 bits per heavy atom. The summed E-state index contributed by atoms with van der Waals surface area (Å²) in [5.74, 6) is 0.154. The maximum absolute atomic E-state index is 12.1. The first-order valence-electron chi connectivity index (χ1n) is 6.40. The molecule has 0 spiro atoms. The van der Waals surface area contributed by atoms with E-state index in [1.165, 1.54) is 0 Å². The van der Waals surface area contributed by atoms with E-state index in [2.05, 4.69) is 17.6 Å². The second kappa shape index (κ2) is 5.40. The molecule has 1 aromatic carbocycles. The van der Waals surface area contributed by atoms with Gasteiger partial charge in [-0.3, -0.25) is 4.79 Å². The lowest BCUT2D eigenvalue weighted by Gasteiger charge is -2.27. The Kier molecular flexibility index (Phi) is 3.87. The van der Waals surface area contributed by atoms with Crippen LogP contribution in [0.1, 0.15) is 25.3 Å². The normalized spacial score (nSPS) is 23.7. The number of phenols is 1. The summed E-state index contributed by atoms with van der Waals surface area (Å²) in [4.78, 5) is 12.1. The maximum Gasteiger partial charge on any atom is 0.227 e. The van der Waals surface area contributed by atoms with E-state index in [1.54, 1.807) is 12.1 Å². The van der Waals surface area contributed by atoms with Crippen LogP contribution in [0.15, 0.2) is 18.2 Å². The van der Waals surface area contributed by atoms with Gasteiger partial charge in [0.1, 0.15) is 5.75 Å². The predicted molar refractivity (Wildman–Crippen MR) is 71.7 cm³/mol. The van der Waals surface area contributed by atoms with Crippen LogP contribution >= 0.6 is 0 Å². The molecule has 0 unspecified atom stereocenters. The van der Waals surface area contributed by atoms with E-state index < -0.39 is 0 Å². The average Bonchev–Trinajstić information content (AvgIpc) is 2.34. The van der Waals surface area contributed by atoms with Crippen molar-refractivity contribution < 1.29 is 9.90 Å². The highest BCUT2D eigenvalue weighted by Gasteiger charge is 2.25. The molecule has 18 heavy (non-hydrogen) atoms. The van der Waals surface area contributed by atoms with Gasteiger partial charge in [-0.25, -0.2) is 0 Å². The van der Waals surface area contributed by atoms with Gasteiger partial charge in [0, 0.05) is 12.0 Å². The van der Waals surface area contributed by atoms with E-state index in [-0.39, 0.29) is 17.6 Å². The van der Waals surface area contributed by atoms with Gasteiger partial charge in [0.15, 0.2) is 0 Å². The van der Waals surface area contributed by atoms with Crippen molar-refractivity contribution in [1.29, 1.82) is 0 Å². The zero-order chi connectivity index (χ0) is 13.1. The topological polar surface area (TPSA) is 61.4 Å². The van der Waals surface area contributed by atoms with Gasteiger partial charge in [0.25, 0.3) is 0 Å². The van der Waals surface area contributed by atoms with Crippen molar-refractivity contribution in [3.05, 3.63) is 23.8 Å². The number of carbonyl (C=O) groups excluding carboxylic acids is 1. The summed E-state index contributed by atoms with van der Waals surface area (Å²) in [6, 6.07) is 5.59. The van der Waals surface area contributed by atoms with Crippen molar-refractivity contribution >= 4 is 11.6 Å². The van der Waals surface area contributed by atoms with Crippen molar-refractivity contribution in [2.24, 2.45) is 5.92 Å². The van der Waals surface area contributed by atoms with Gasteiger partial charge in [-0.05, 0) is 50.9 Å². The number of phenolic OH excluding ortho intramolecular Hbond substituents is 1. The minimum absolute atomic E-state index is 0.00394. The number of carbonyl (C=O) groups is 1. The van der Waals surface area contributed by atoms with Crippen molar-refractivity contribution in [2.75, 3.05) is 11.9 Å². The molecule has 0 aliphatic carbocycles. The molecular formula is C14H20N2O2. The monoisotopic (exact) mass is 248 g/mol. The quantitative estimate of drug-likeness (QED) is 0.702. The second-order valence-electron chi connectivity index (χ2n) is 5.09. The van der Waals surface area contributed by atoms with Gasteiger partial charge in [0.2, 0.25) is 5.91 Å². The van der Waals surface area contributed by atoms with E-state index >= 15 is 0 Å². The fourth-order valence-electron chi connectivity index (χ4n) is 2.35. The number of amides is 1. The summed E-state index contributed by atoms with van der Waals surface area (Å²) in [5.41, 5.74) is 1.52. The summed E-state index contributed by atoms with van der Waals surface area (Å²) in [7, 11) is 0. The summed E-state index contributed by atoms with van der Waals surface area (Å²) in [6.07, 6.45) is 1.70. The van der Waals surface area contributed by atoms with E-state index in [0.717, 1.165) is 24.9 Å². The number of anilines is 1. The summed E-state index contributed by atoms with van der Waals surface area (Å²) >= 11 is 0. The highest BCUT2D eigenvalue weighted by atomic mass is 16.3. The molecule has 4 nitrogen and oxygen atoms in total. The number of rotatable bonds is 2. The van der Waals surface area contributed by atoms with Gasteiger partial charge in [-0.1, -0.05) is 6.07 Å². The molecule has 1 aromatic rings.